The van der Waals surface area contributed by atoms with Gasteiger partial charge in [0.2, 0.25) is 15.9 Å². The van der Waals surface area contributed by atoms with Crippen molar-refractivity contribution in [3.8, 4) is 0 Å². The van der Waals surface area contributed by atoms with Crippen molar-refractivity contribution < 1.29 is 13.2 Å². The first kappa shape index (κ1) is 20.2. The van der Waals surface area contributed by atoms with Crippen LogP contribution < -0.4 is 5.56 Å². The summed E-state index contributed by atoms with van der Waals surface area (Å²) in [6.45, 7) is 0.980. The lowest BCUT2D eigenvalue weighted by atomic mass is 10.2. The molecule has 3 aromatic rings. The van der Waals surface area contributed by atoms with Crippen molar-refractivity contribution in [2.45, 2.75) is 12.3 Å². The molecule has 8 nitrogen and oxygen atoms in total. The molecule has 0 aliphatic carbocycles. The Morgan fingerprint density at radius 2 is 1.60 bits per heavy atom. The molecule has 0 spiro atoms. The number of amides is 1. The van der Waals surface area contributed by atoms with Gasteiger partial charge in [-0.25, -0.2) is 13.4 Å². The van der Waals surface area contributed by atoms with Gasteiger partial charge < -0.3 is 4.90 Å². The van der Waals surface area contributed by atoms with Crippen LogP contribution >= 0.6 is 0 Å². The maximum atomic E-state index is 12.8. The highest BCUT2D eigenvalue weighted by Crippen LogP contribution is 2.14. The molecule has 2 heterocycles. The molecule has 0 unspecified atom stereocenters. The lowest BCUT2D eigenvalue weighted by Crippen LogP contribution is -2.51. The minimum Gasteiger partial charge on any atom is -0.339 e. The van der Waals surface area contributed by atoms with Gasteiger partial charge in [0, 0.05) is 26.2 Å². The number of hydrogen-bond acceptors (Lipinski definition) is 5. The zero-order valence-corrected chi connectivity index (χ0v) is 17.2. The molecule has 1 aromatic heterocycles. The second-order valence-electron chi connectivity index (χ2n) is 7.19. The van der Waals surface area contributed by atoms with E-state index in [0.29, 0.717) is 24.1 Å². The van der Waals surface area contributed by atoms with E-state index in [1.807, 2.05) is 24.3 Å². The van der Waals surface area contributed by atoms with Gasteiger partial charge in [0.25, 0.3) is 5.56 Å². The molecule has 156 valence electrons. The zero-order chi connectivity index (χ0) is 21.1. The molecule has 4 rings (SSSR count). The summed E-state index contributed by atoms with van der Waals surface area (Å²) < 4.78 is 28.2. The van der Waals surface area contributed by atoms with E-state index in [0.717, 1.165) is 5.56 Å². The van der Waals surface area contributed by atoms with Gasteiger partial charge in [-0.05, 0) is 17.7 Å². The number of fused-ring (bicyclic) bond motifs is 1. The number of piperazine rings is 1. The standard InChI is InChI=1S/C21H22N4O4S/c26-20-14-22-18-8-4-5-9-19(18)25(20)15-21(27)23-10-12-24(13-11-23)30(28,29)16-17-6-2-1-3-7-17/h1-9,14H,10-13,15-16H2. The fourth-order valence-corrected chi connectivity index (χ4v) is 5.12. The monoisotopic (exact) mass is 426 g/mol. The van der Waals surface area contributed by atoms with Crippen LogP contribution in [-0.4, -0.2) is 59.3 Å². The Morgan fingerprint density at radius 1 is 0.933 bits per heavy atom. The number of carbonyl (C=O) groups is 1. The van der Waals surface area contributed by atoms with Gasteiger partial charge >= 0.3 is 0 Å². The molecule has 1 fully saturated rings. The zero-order valence-electron chi connectivity index (χ0n) is 16.3. The molecule has 1 saturated heterocycles. The van der Waals surface area contributed by atoms with Crippen molar-refractivity contribution in [2.75, 3.05) is 26.2 Å². The molecule has 0 atom stereocenters. The Morgan fingerprint density at radius 3 is 2.33 bits per heavy atom. The van der Waals surface area contributed by atoms with Crippen LogP contribution in [0.2, 0.25) is 0 Å². The molecule has 1 amide bonds. The summed E-state index contributed by atoms with van der Waals surface area (Å²) >= 11 is 0. The predicted molar refractivity (Wildman–Crippen MR) is 113 cm³/mol. The average molecular weight is 426 g/mol. The SMILES string of the molecule is O=C(Cn1c(=O)cnc2ccccc21)N1CCN(S(=O)(=O)Cc2ccccc2)CC1. The van der Waals surface area contributed by atoms with E-state index in [1.165, 1.54) is 15.1 Å². The number of carbonyl (C=O) groups excluding carboxylic acids is 1. The second-order valence-corrected chi connectivity index (χ2v) is 9.16. The first-order valence-corrected chi connectivity index (χ1v) is 11.3. The number of sulfonamides is 1. The van der Waals surface area contributed by atoms with E-state index in [9.17, 15) is 18.0 Å². The van der Waals surface area contributed by atoms with Gasteiger partial charge in [-0.2, -0.15) is 4.31 Å². The number of hydrogen-bond donors (Lipinski definition) is 0. The summed E-state index contributed by atoms with van der Waals surface area (Å²) in [5.41, 5.74) is 1.63. The molecule has 9 heteroatoms. The van der Waals surface area contributed by atoms with Crippen molar-refractivity contribution in [2.24, 2.45) is 0 Å². The third kappa shape index (κ3) is 4.27. The Labute approximate surface area is 174 Å². The summed E-state index contributed by atoms with van der Waals surface area (Å²) in [7, 11) is -3.45. The van der Waals surface area contributed by atoms with Gasteiger partial charge in [-0.3, -0.25) is 14.2 Å². The Hall–Kier alpha value is -3.04. The fourth-order valence-electron chi connectivity index (χ4n) is 3.60. The maximum Gasteiger partial charge on any atom is 0.269 e. The highest BCUT2D eigenvalue weighted by Gasteiger charge is 2.29. The highest BCUT2D eigenvalue weighted by molar-refractivity contribution is 7.88. The second kappa shape index (κ2) is 8.37. The van der Waals surface area contributed by atoms with Crippen molar-refractivity contribution in [3.63, 3.8) is 0 Å². The lowest BCUT2D eigenvalue weighted by molar-refractivity contribution is -0.133. The Balaban J connectivity index is 1.42. The van der Waals surface area contributed by atoms with E-state index in [2.05, 4.69) is 4.98 Å². The maximum absolute atomic E-state index is 12.8. The third-order valence-electron chi connectivity index (χ3n) is 5.22. The van der Waals surface area contributed by atoms with Gasteiger partial charge in [-0.1, -0.05) is 42.5 Å². The first-order valence-electron chi connectivity index (χ1n) is 9.68. The smallest absolute Gasteiger partial charge is 0.269 e. The van der Waals surface area contributed by atoms with Crippen LogP contribution in [0.15, 0.2) is 65.6 Å². The summed E-state index contributed by atoms with van der Waals surface area (Å²) in [4.78, 5) is 30.7. The van der Waals surface area contributed by atoms with E-state index >= 15 is 0 Å². The van der Waals surface area contributed by atoms with Crippen molar-refractivity contribution in [1.82, 2.24) is 18.8 Å². The van der Waals surface area contributed by atoms with Crippen LogP contribution in [0.4, 0.5) is 0 Å². The largest absolute Gasteiger partial charge is 0.339 e. The number of rotatable bonds is 5. The van der Waals surface area contributed by atoms with Crippen LogP contribution in [0.1, 0.15) is 5.56 Å². The average Bonchev–Trinajstić information content (AvgIpc) is 2.76. The number of para-hydroxylation sites is 2. The molecule has 0 bridgehead atoms. The van der Waals surface area contributed by atoms with Crippen LogP contribution in [-0.2, 0) is 27.1 Å². The molecule has 30 heavy (non-hydrogen) atoms. The van der Waals surface area contributed by atoms with Crippen LogP contribution in [0.5, 0.6) is 0 Å². The summed E-state index contributed by atoms with van der Waals surface area (Å²) in [5.74, 6) is -0.270. The fraction of sp³-hybridized carbons (Fsp3) is 0.286. The summed E-state index contributed by atoms with van der Waals surface area (Å²) in [5, 5.41) is 0. The molecule has 1 aliphatic rings. The van der Waals surface area contributed by atoms with E-state index < -0.39 is 10.0 Å². The minimum absolute atomic E-state index is 0.0554. The van der Waals surface area contributed by atoms with Crippen molar-refractivity contribution >= 4 is 27.0 Å². The van der Waals surface area contributed by atoms with Gasteiger partial charge in [0.05, 0.1) is 23.0 Å². The summed E-state index contributed by atoms with van der Waals surface area (Å²) in [6.07, 6.45) is 1.21. The van der Waals surface area contributed by atoms with Gasteiger partial charge in [-0.15, -0.1) is 0 Å². The van der Waals surface area contributed by atoms with E-state index in [1.54, 1.807) is 35.2 Å². The Bertz CT molecular complexity index is 1220. The molecule has 0 radical (unpaired) electrons. The van der Waals surface area contributed by atoms with Crippen molar-refractivity contribution in [1.29, 1.82) is 0 Å². The van der Waals surface area contributed by atoms with Gasteiger partial charge in [0.1, 0.15) is 6.54 Å². The third-order valence-corrected chi connectivity index (χ3v) is 7.07. The molecule has 0 saturated carbocycles. The quantitative estimate of drug-likeness (QED) is 0.609. The predicted octanol–water partition coefficient (Wildman–Crippen LogP) is 1.07. The van der Waals surface area contributed by atoms with Crippen LogP contribution in [0, 0.1) is 0 Å². The van der Waals surface area contributed by atoms with Crippen LogP contribution in [0.3, 0.4) is 0 Å². The number of benzene rings is 2. The minimum atomic E-state index is -3.45. The topological polar surface area (TPSA) is 92.6 Å². The van der Waals surface area contributed by atoms with E-state index in [-0.39, 0.29) is 36.9 Å². The molecule has 2 aromatic carbocycles. The van der Waals surface area contributed by atoms with E-state index in [4.69, 9.17) is 0 Å². The number of nitrogens with zero attached hydrogens (tertiary/aromatic N) is 4. The van der Waals surface area contributed by atoms with Gasteiger partial charge in [0.15, 0.2) is 0 Å². The van der Waals surface area contributed by atoms with Crippen LogP contribution in [0.25, 0.3) is 11.0 Å². The Kier molecular flexibility index (Phi) is 5.65. The molecule has 1 aliphatic heterocycles. The summed E-state index contributed by atoms with van der Waals surface area (Å²) in [6, 6.07) is 16.2. The lowest BCUT2D eigenvalue weighted by Gasteiger charge is -2.34. The number of aromatic nitrogens is 2. The first-order chi connectivity index (χ1) is 14.4. The van der Waals surface area contributed by atoms with Crippen molar-refractivity contribution in [3.05, 3.63) is 76.7 Å². The molecular formula is C21H22N4O4S. The molecular weight excluding hydrogens is 404 g/mol. The molecule has 0 N–H and O–H groups in total. The normalized spacial score (nSPS) is 15.4. The highest BCUT2D eigenvalue weighted by atomic mass is 32.2.